The zero-order chi connectivity index (χ0) is 13.8. The molecule has 18 heavy (non-hydrogen) atoms. The van der Waals surface area contributed by atoms with Crippen LogP contribution in [0.25, 0.3) is 0 Å². The van der Waals surface area contributed by atoms with Gasteiger partial charge in [0.15, 0.2) is 0 Å². The van der Waals surface area contributed by atoms with Crippen molar-refractivity contribution in [1.82, 2.24) is 10.2 Å². The van der Waals surface area contributed by atoms with Crippen molar-refractivity contribution in [2.24, 2.45) is 5.41 Å². The number of imide groups is 1. The molecular formula is C14H26N2O2. The lowest BCUT2D eigenvalue weighted by atomic mass is 9.86. The zero-order valence-electron chi connectivity index (χ0n) is 12.1. The molecule has 4 heteroatoms. The second kappa shape index (κ2) is 6.32. The van der Waals surface area contributed by atoms with Crippen LogP contribution < -0.4 is 5.32 Å². The van der Waals surface area contributed by atoms with Crippen molar-refractivity contribution in [3.63, 3.8) is 0 Å². The average molecular weight is 254 g/mol. The molecule has 0 aromatic heterocycles. The highest BCUT2D eigenvalue weighted by atomic mass is 16.2. The molecule has 1 heterocycles. The summed E-state index contributed by atoms with van der Waals surface area (Å²) in [6.45, 7) is 7.40. The lowest BCUT2D eigenvalue weighted by Crippen LogP contribution is -2.41. The minimum atomic E-state index is -0.312. The van der Waals surface area contributed by atoms with Gasteiger partial charge in [0.25, 0.3) is 0 Å². The molecule has 1 atom stereocenters. The predicted molar refractivity (Wildman–Crippen MR) is 72.1 cm³/mol. The van der Waals surface area contributed by atoms with Crippen molar-refractivity contribution in [2.45, 2.75) is 58.9 Å². The first-order valence-corrected chi connectivity index (χ1v) is 6.91. The number of unbranched alkanes of at least 4 members (excludes halogenated alkanes) is 2. The molecule has 0 radical (unpaired) electrons. The van der Waals surface area contributed by atoms with Crippen molar-refractivity contribution < 1.29 is 9.59 Å². The molecule has 1 aliphatic rings. The number of nitrogens with one attached hydrogen (secondary N) is 1. The average Bonchev–Trinajstić information content (AvgIpc) is 2.55. The van der Waals surface area contributed by atoms with E-state index in [-0.39, 0.29) is 23.3 Å². The number of likely N-dealkylation sites (N-methyl/N-ethyl adjacent to an activating group) is 1. The summed E-state index contributed by atoms with van der Waals surface area (Å²) in [6, 6.07) is -0.312. The Hall–Kier alpha value is -0.900. The third-order valence-corrected chi connectivity index (χ3v) is 3.67. The van der Waals surface area contributed by atoms with Crippen LogP contribution in [0, 0.1) is 5.41 Å². The van der Waals surface area contributed by atoms with Gasteiger partial charge in [0.1, 0.15) is 0 Å². The van der Waals surface area contributed by atoms with Crippen molar-refractivity contribution in [1.29, 1.82) is 0 Å². The van der Waals surface area contributed by atoms with Gasteiger partial charge in [0, 0.05) is 13.6 Å². The molecule has 1 fully saturated rings. The van der Waals surface area contributed by atoms with Crippen LogP contribution in [0.3, 0.4) is 0 Å². The SMILES string of the molecule is CCCCCC(C)(C)CNC1CC(=O)N(C)C1=O. The first-order chi connectivity index (χ1) is 8.37. The maximum atomic E-state index is 11.7. The molecule has 1 unspecified atom stereocenters. The van der Waals surface area contributed by atoms with E-state index >= 15 is 0 Å². The minimum absolute atomic E-state index is 0.0821. The van der Waals surface area contributed by atoms with Gasteiger partial charge in [-0.25, -0.2) is 0 Å². The van der Waals surface area contributed by atoms with E-state index in [2.05, 4.69) is 26.1 Å². The maximum absolute atomic E-state index is 11.7. The Balaban J connectivity index is 2.36. The Morgan fingerprint density at radius 3 is 2.50 bits per heavy atom. The summed E-state index contributed by atoms with van der Waals surface area (Å²) in [7, 11) is 1.55. The summed E-state index contributed by atoms with van der Waals surface area (Å²) in [4.78, 5) is 24.4. The topological polar surface area (TPSA) is 49.4 Å². The van der Waals surface area contributed by atoms with E-state index in [0.29, 0.717) is 6.42 Å². The number of hydrogen-bond acceptors (Lipinski definition) is 3. The number of nitrogens with zero attached hydrogens (tertiary/aromatic N) is 1. The van der Waals surface area contributed by atoms with E-state index in [1.807, 2.05) is 0 Å². The van der Waals surface area contributed by atoms with Crippen LogP contribution in [0.5, 0.6) is 0 Å². The van der Waals surface area contributed by atoms with Gasteiger partial charge >= 0.3 is 0 Å². The number of hydrogen-bond donors (Lipinski definition) is 1. The number of rotatable bonds is 7. The molecule has 0 aromatic rings. The molecule has 1 rings (SSSR count). The molecule has 1 saturated heterocycles. The molecule has 0 saturated carbocycles. The van der Waals surface area contributed by atoms with Crippen LogP contribution in [-0.4, -0.2) is 36.3 Å². The highest BCUT2D eigenvalue weighted by Crippen LogP contribution is 2.23. The molecule has 0 aromatic carbocycles. The van der Waals surface area contributed by atoms with Crippen LogP contribution >= 0.6 is 0 Å². The standard InChI is InChI=1S/C14H26N2O2/c1-5-6-7-8-14(2,3)10-15-11-9-12(17)16(4)13(11)18/h11,15H,5-10H2,1-4H3. The summed E-state index contributed by atoms with van der Waals surface area (Å²) < 4.78 is 0. The zero-order valence-corrected chi connectivity index (χ0v) is 12.1. The highest BCUT2D eigenvalue weighted by molar-refractivity contribution is 6.05. The van der Waals surface area contributed by atoms with E-state index in [9.17, 15) is 9.59 Å². The van der Waals surface area contributed by atoms with Gasteiger partial charge < -0.3 is 5.32 Å². The molecule has 0 aliphatic carbocycles. The second-order valence-corrected chi connectivity index (χ2v) is 6.05. The minimum Gasteiger partial charge on any atom is -0.305 e. The molecule has 0 spiro atoms. The van der Waals surface area contributed by atoms with Crippen LogP contribution in [-0.2, 0) is 9.59 Å². The molecule has 0 bridgehead atoms. The second-order valence-electron chi connectivity index (χ2n) is 6.05. The quantitative estimate of drug-likeness (QED) is 0.558. The Kier molecular flexibility index (Phi) is 5.32. The summed E-state index contributed by atoms with van der Waals surface area (Å²) in [5, 5.41) is 3.25. The van der Waals surface area contributed by atoms with Gasteiger partial charge in [0.05, 0.1) is 12.5 Å². The molecular weight excluding hydrogens is 228 g/mol. The summed E-state index contributed by atoms with van der Waals surface area (Å²) in [6.07, 6.45) is 5.17. The lowest BCUT2D eigenvalue weighted by molar-refractivity contribution is -0.137. The molecule has 1 aliphatic heterocycles. The molecule has 104 valence electrons. The van der Waals surface area contributed by atoms with Gasteiger partial charge in [-0.05, 0) is 11.8 Å². The van der Waals surface area contributed by atoms with E-state index in [1.165, 1.54) is 24.2 Å². The van der Waals surface area contributed by atoms with E-state index in [0.717, 1.165) is 13.0 Å². The fraction of sp³-hybridized carbons (Fsp3) is 0.857. The number of carbonyl (C=O) groups is 2. The third kappa shape index (κ3) is 4.09. The Morgan fingerprint density at radius 1 is 1.33 bits per heavy atom. The largest absolute Gasteiger partial charge is 0.305 e. The number of carbonyl (C=O) groups excluding carboxylic acids is 2. The van der Waals surface area contributed by atoms with E-state index in [4.69, 9.17) is 0 Å². The first kappa shape index (κ1) is 15.2. The van der Waals surface area contributed by atoms with Crippen LogP contribution in [0.15, 0.2) is 0 Å². The Morgan fingerprint density at radius 2 is 2.00 bits per heavy atom. The Labute approximate surface area is 110 Å². The molecule has 2 amide bonds. The van der Waals surface area contributed by atoms with Crippen molar-refractivity contribution >= 4 is 11.8 Å². The highest BCUT2D eigenvalue weighted by Gasteiger charge is 2.36. The summed E-state index contributed by atoms with van der Waals surface area (Å²) in [5.74, 6) is -0.175. The fourth-order valence-electron chi connectivity index (χ4n) is 2.26. The monoisotopic (exact) mass is 254 g/mol. The first-order valence-electron chi connectivity index (χ1n) is 6.91. The van der Waals surface area contributed by atoms with Crippen molar-refractivity contribution in [3.05, 3.63) is 0 Å². The Bertz CT molecular complexity index is 313. The summed E-state index contributed by atoms with van der Waals surface area (Å²) >= 11 is 0. The number of amides is 2. The van der Waals surface area contributed by atoms with Crippen molar-refractivity contribution in [2.75, 3.05) is 13.6 Å². The predicted octanol–water partition coefficient (Wildman–Crippen LogP) is 1.94. The number of likely N-dealkylation sites (tertiary alicyclic amines) is 1. The third-order valence-electron chi connectivity index (χ3n) is 3.67. The summed E-state index contributed by atoms with van der Waals surface area (Å²) in [5.41, 5.74) is 0.180. The van der Waals surface area contributed by atoms with Gasteiger partial charge in [-0.15, -0.1) is 0 Å². The van der Waals surface area contributed by atoms with Gasteiger partial charge in [-0.1, -0.05) is 40.0 Å². The van der Waals surface area contributed by atoms with Gasteiger partial charge in [-0.2, -0.15) is 0 Å². The van der Waals surface area contributed by atoms with E-state index < -0.39 is 0 Å². The van der Waals surface area contributed by atoms with Gasteiger partial charge in [-0.3, -0.25) is 14.5 Å². The van der Waals surface area contributed by atoms with E-state index in [1.54, 1.807) is 7.05 Å². The smallest absolute Gasteiger partial charge is 0.246 e. The van der Waals surface area contributed by atoms with Crippen molar-refractivity contribution in [3.8, 4) is 0 Å². The lowest BCUT2D eigenvalue weighted by Gasteiger charge is -2.26. The van der Waals surface area contributed by atoms with Crippen LogP contribution in [0.1, 0.15) is 52.9 Å². The molecule has 4 nitrogen and oxygen atoms in total. The van der Waals surface area contributed by atoms with Crippen LogP contribution in [0.2, 0.25) is 0 Å². The molecule has 1 N–H and O–H groups in total. The maximum Gasteiger partial charge on any atom is 0.246 e. The normalized spacial score (nSPS) is 20.9. The van der Waals surface area contributed by atoms with Crippen LogP contribution in [0.4, 0.5) is 0 Å². The fourth-order valence-corrected chi connectivity index (χ4v) is 2.26. The van der Waals surface area contributed by atoms with Gasteiger partial charge in [0.2, 0.25) is 11.8 Å².